The van der Waals surface area contributed by atoms with Crippen LogP contribution in [0.25, 0.3) is 0 Å². The van der Waals surface area contributed by atoms with Crippen LogP contribution >= 0.6 is 0 Å². The zero-order valence-corrected chi connectivity index (χ0v) is 12.2. The maximum absolute atomic E-state index is 14.1. The van der Waals surface area contributed by atoms with Crippen LogP contribution in [0.5, 0.6) is 0 Å². The first-order chi connectivity index (χ1) is 10.2. The molecule has 0 aliphatic carbocycles. The average molecular weight is 297 g/mol. The molecule has 0 amide bonds. The Kier molecular flexibility index (Phi) is 4.24. The highest BCUT2D eigenvalue weighted by molar-refractivity contribution is 5.24. The van der Waals surface area contributed by atoms with Gasteiger partial charge in [-0.1, -0.05) is 6.07 Å². The van der Waals surface area contributed by atoms with E-state index >= 15 is 0 Å². The third-order valence-corrected chi connectivity index (χ3v) is 4.69. The number of benzene rings is 1. The first kappa shape index (κ1) is 14.9. The van der Waals surface area contributed by atoms with Gasteiger partial charge in [0, 0.05) is 31.2 Å². The first-order valence-corrected chi connectivity index (χ1v) is 7.48. The van der Waals surface area contributed by atoms with Crippen molar-refractivity contribution < 1.29 is 18.3 Å². The zero-order chi connectivity index (χ0) is 14.9. The molecule has 1 aromatic carbocycles. The molecule has 2 aliphatic heterocycles. The lowest BCUT2D eigenvalue weighted by molar-refractivity contribution is -0.103. The van der Waals surface area contributed by atoms with Crippen LogP contribution < -0.4 is 5.32 Å². The lowest BCUT2D eigenvalue weighted by Crippen LogP contribution is -2.44. The molecule has 2 heterocycles. The van der Waals surface area contributed by atoms with E-state index in [1.54, 1.807) is 7.05 Å². The van der Waals surface area contributed by atoms with Crippen molar-refractivity contribution in [1.29, 1.82) is 0 Å². The molecule has 0 radical (unpaired) electrons. The predicted octanol–water partition coefficient (Wildman–Crippen LogP) is 2.81. The van der Waals surface area contributed by atoms with E-state index in [4.69, 9.17) is 9.47 Å². The molecule has 1 spiro atoms. The van der Waals surface area contributed by atoms with Crippen molar-refractivity contribution >= 4 is 0 Å². The Hall–Kier alpha value is -1.04. The van der Waals surface area contributed by atoms with E-state index in [1.165, 1.54) is 18.2 Å². The van der Waals surface area contributed by atoms with E-state index in [2.05, 4.69) is 5.32 Å². The van der Waals surface area contributed by atoms with E-state index in [0.717, 1.165) is 19.3 Å². The molecular formula is C16H21F2NO2. The normalized spacial score (nSPS) is 30.7. The molecule has 0 saturated carbocycles. The number of nitrogens with one attached hydrogen (secondary N) is 1. The van der Waals surface area contributed by atoms with Gasteiger partial charge in [0.15, 0.2) is 0 Å². The summed E-state index contributed by atoms with van der Waals surface area (Å²) in [5.41, 5.74) is -0.124. The smallest absolute Gasteiger partial charge is 0.130 e. The van der Waals surface area contributed by atoms with Crippen LogP contribution in [0, 0.1) is 17.6 Å². The van der Waals surface area contributed by atoms with Crippen molar-refractivity contribution in [3.8, 4) is 0 Å². The molecule has 1 N–H and O–H groups in total. The van der Waals surface area contributed by atoms with Crippen molar-refractivity contribution in [2.24, 2.45) is 5.92 Å². The minimum atomic E-state index is -0.488. The van der Waals surface area contributed by atoms with Crippen molar-refractivity contribution in [3.05, 3.63) is 35.4 Å². The van der Waals surface area contributed by atoms with E-state index in [9.17, 15) is 8.78 Å². The van der Waals surface area contributed by atoms with Gasteiger partial charge < -0.3 is 14.8 Å². The largest absolute Gasteiger partial charge is 0.378 e. The van der Waals surface area contributed by atoms with Crippen molar-refractivity contribution in [3.63, 3.8) is 0 Å². The molecule has 3 nitrogen and oxygen atoms in total. The van der Waals surface area contributed by atoms with Crippen LogP contribution in [0.4, 0.5) is 8.78 Å². The highest BCUT2D eigenvalue weighted by atomic mass is 19.1. The quantitative estimate of drug-likeness (QED) is 0.930. The fraction of sp³-hybridized carbons (Fsp3) is 0.625. The van der Waals surface area contributed by atoms with Gasteiger partial charge in [-0.25, -0.2) is 8.78 Å². The standard InChI is InChI=1S/C16H21F2NO2/c1-19-15(14-12(17)3-2-4-13(14)18)11-5-7-21-16(9-11)6-8-20-10-16/h2-4,11,15,19H,5-10H2,1H3. The molecule has 0 aromatic heterocycles. The summed E-state index contributed by atoms with van der Waals surface area (Å²) in [5.74, 6) is -0.841. The van der Waals surface area contributed by atoms with Crippen LogP contribution in [-0.4, -0.2) is 32.5 Å². The van der Waals surface area contributed by atoms with E-state index in [1.807, 2.05) is 0 Å². The second kappa shape index (κ2) is 5.99. The molecule has 3 unspecified atom stereocenters. The minimum Gasteiger partial charge on any atom is -0.378 e. The molecule has 0 bridgehead atoms. The van der Waals surface area contributed by atoms with Gasteiger partial charge in [0.1, 0.15) is 11.6 Å². The number of rotatable bonds is 3. The second-order valence-electron chi connectivity index (χ2n) is 5.99. The number of ether oxygens (including phenoxy) is 2. The summed E-state index contributed by atoms with van der Waals surface area (Å²) in [7, 11) is 1.75. The summed E-state index contributed by atoms with van der Waals surface area (Å²) in [4.78, 5) is 0. The molecule has 116 valence electrons. The Bertz CT molecular complexity index is 483. The summed E-state index contributed by atoms with van der Waals surface area (Å²) < 4.78 is 39.5. The number of hydrogen-bond donors (Lipinski definition) is 1. The fourth-order valence-electron chi connectivity index (χ4n) is 3.64. The number of halogens is 2. The minimum absolute atomic E-state index is 0.136. The molecule has 3 atom stereocenters. The molecule has 2 fully saturated rings. The van der Waals surface area contributed by atoms with Gasteiger partial charge in [-0.2, -0.15) is 0 Å². The van der Waals surface area contributed by atoms with E-state index < -0.39 is 11.6 Å². The molecule has 2 saturated heterocycles. The van der Waals surface area contributed by atoms with E-state index in [-0.39, 0.29) is 23.1 Å². The summed E-state index contributed by atoms with van der Waals surface area (Å²) in [6.45, 7) is 1.90. The SMILES string of the molecule is CNC(c1c(F)cccc1F)C1CCOC2(CCOC2)C1. The highest BCUT2D eigenvalue weighted by Crippen LogP contribution is 2.41. The Labute approximate surface area is 123 Å². The van der Waals surface area contributed by atoms with Crippen LogP contribution in [0.15, 0.2) is 18.2 Å². The van der Waals surface area contributed by atoms with Crippen LogP contribution in [0.2, 0.25) is 0 Å². The lowest BCUT2D eigenvalue weighted by Gasteiger charge is -2.40. The van der Waals surface area contributed by atoms with Gasteiger partial charge in [-0.05, 0) is 37.9 Å². The van der Waals surface area contributed by atoms with E-state index in [0.29, 0.717) is 19.8 Å². The maximum atomic E-state index is 14.1. The Morgan fingerprint density at radius 2 is 2.05 bits per heavy atom. The predicted molar refractivity (Wildman–Crippen MR) is 75.0 cm³/mol. The van der Waals surface area contributed by atoms with Crippen LogP contribution in [-0.2, 0) is 9.47 Å². The second-order valence-corrected chi connectivity index (χ2v) is 5.99. The lowest BCUT2D eigenvalue weighted by atomic mass is 9.79. The molecule has 3 rings (SSSR count). The van der Waals surface area contributed by atoms with Crippen molar-refractivity contribution in [1.82, 2.24) is 5.32 Å². The monoisotopic (exact) mass is 297 g/mol. The maximum Gasteiger partial charge on any atom is 0.130 e. The first-order valence-electron chi connectivity index (χ1n) is 7.48. The average Bonchev–Trinajstić information content (AvgIpc) is 2.91. The summed E-state index contributed by atoms with van der Waals surface area (Å²) >= 11 is 0. The molecule has 21 heavy (non-hydrogen) atoms. The Morgan fingerprint density at radius 3 is 2.67 bits per heavy atom. The third kappa shape index (κ3) is 2.82. The van der Waals surface area contributed by atoms with Gasteiger partial charge >= 0.3 is 0 Å². The topological polar surface area (TPSA) is 30.5 Å². The van der Waals surface area contributed by atoms with Gasteiger partial charge in [0.2, 0.25) is 0 Å². The molecular weight excluding hydrogens is 276 g/mol. The fourth-order valence-corrected chi connectivity index (χ4v) is 3.64. The van der Waals surface area contributed by atoms with Crippen molar-refractivity contribution in [2.75, 3.05) is 26.9 Å². The van der Waals surface area contributed by atoms with Gasteiger partial charge in [0.05, 0.1) is 12.2 Å². The summed E-state index contributed by atoms with van der Waals surface area (Å²) in [5, 5.41) is 3.10. The molecule has 2 aliphatic rings. The highest BCUT2D eigenvalue weighted by Gasteiger charge is 2.43. The Balaban J connectivity index is 1.86. The third-order valence-electron chi connectivity index (χ3n) is 4.69. The van der Waals surface area contributed by atoms with Crippen molar-refractivity contribution in [2.45, 2.75) is 30.9 Å². The van der Waals surface area contributed by atoms with Crippen LogP contribution in [0.3, 0.4) is 0 Å². The van der Waals surface area contributed by atoms with Gasteiger partial charge in [-0.3, -0.25) is 0 Å². The molecule has 1 aromatic rings. The van der Waals surface area contributed by atoms with Gasteiger partial charge in [-0.15, -0.1) is 0 Å². The number of hydrogen-bond acceptors (Lipinski definition) is 3. The molecule has 5 heteroatoms. The Morgan fingerprint density at radius 1 is 1.29 bits per heavy atom. The summed E-state index contributed by atoms with van der Waals surface area (Å²) in [6.07, 6.45) is 2.42. The summed E-state index contributed by atoms with van der Waals surface area (Å²) in [6, 6.07) is 3.69. The van der Waals surface area contributed by atoms with Crippen LogP contribution in [0.1, 0.15) is 30.9 Å². The van der Waals surface area contributed by atoms with Gasteiger partial charge in [0.25, 0.3) is 0 Å². The zero-order valence-electron chi connectivity index (χ0n) is 12.2.